The van der Waals surface area contributed by atoms with E-state index in [2.05, 4.69) is 11.6 Å². The molecule has 0 aliphatic rings. The third-order valence-corrected chi connectivity index (χ3v) is 2.53. The van der Waals surface area contributed by atoms with Crippen LogP contribution in [-0.4, -0.2) is 10.1 Å². The average molecular weight is 215 g/mol. The summed E-state index contributed by atoms with van der Waals surface area (Å²) in [5.74, 6) is 0. The molecule has 1 aromatic carbocycles. The van der Waals surface area contributed by atoms with Gasteiger partial charge in [-0.3, -0.25) is 4.79 Å². The molecule has 1 aromatic heterocycles. The van der Waals surface area contributed by atoms with E-state index < -0.39 is 6.10 Å². The van der Waals surface area contributed by atoms with Crippen LogP contribution in [-0.2, 0) is 0 Å². The number of hydrogen-bond acceptors (Lipinski definition) is 2. The summed E-state index contributed by atoms with van der Waals surface area (Å²) in [6, 6.07) is 9.21. The van der Waals surface area contributed by atoms with E-state index in [4.69, 9.17) is 0 Å². The molecule has 2 aromatic rings. The molecule has 1 atom stereocenters. The highest BCUT2D eigenvalue weighted by Crippen LogP contribution is 2.17. The zero-order chi connectivity index (χ0) is 11.5. The molecule has 0 spiro atoms. The van der Waals surface area contributed by atoms with Crippen molar-refractivity contribution in [3.05, 3.63) is 58.9 Å². The van der Waals surface area contributed by atoms with Gasteiger partial charge >= 0.3 is 0 Å². The Bertz CT molecular complexity index is 571. The molecule has 0 aliphatic carbocycles. The lowest BCUT2D eigenvalue weighted by molar-refractivity contribution is 0.180. The second-order valence-electron chi connectivity index (χ2n) is 3.68. The minimum absolute atomic E-state index is 0.243. The summed E-state index contributed by atoms with van der Waals surface area (Å²) >= 11 is 0. The summed E-state index contributed by atoms with van der Waals surface area (Å²) in [6.45, 7) is 3.55. The molecule has 3 heteroatoms. The highest BCUT2D eigenvalue weighted by molar-refractivity contribution is 5.78. The van der Waals surface area contributed by atoms with Crippen molar-refractivity contribution in [1.29, 1.82) is 0 Å². The van der Waals surface area contributed by atoms with Crippen molar-refractivity contribution in [1.82, 2.24) is 4.98 Å². The van der Waals surface area contributed by atoms with Crippen molar-refractivity contribution in [2.75, 3.05) is 0 Å². The number of aromatic nitrogens is 1. The molecular formula is C13H13NO2. The average Bonchev–Trinajstić information content (AvgIpc) is 2.28. The summed E-state index contributed by atoms with van der Waals surface area (Å²) in [6.07, 6.45) is 1.19. The quantitative estimate of drug-likeness (QED) is 0.771. The molecule has 0 saturated carbocycles. The molecule has 0 amide bonds. The molecule has 2 rings (SSSR count). The topological polar surface area (TPSA) is 53.1 Å². The van der Waals surface area contributed by atoms with E-state index in [1.54, 1.807) is 12.1 Å². The Kier molecular flexibility index (Phi) is 2.88. The third-order valence-electron chi connectivity index (χ3n) is 2.53. The van der Waals surface area contributed by atoms with E-state index in [-0.39, 0.29) is 5.56 Å². The second kappa shape index (κ2) is 4.33. The number of fused-ring (bicyclic) bond motifs is 1. The molecule has 0 bridgehead atoms. The minimum atomic E-state index is -0.786. The molecule has 3 nitrogen and oxygen atoms in total. The zero-order valence-corrected chi connectivity index (χ0v) is 8.81. The lowest BCUT2D eigenvalue weighted by Crippen LogP contribution is -2.15. The molecule has 0 saturated heterocycles. The van der Waals surface area contributed by atoms with Crippen LogP contribution in [0.1, 0.15) is 18.1 Å². The normalized spacial score (nSPS) is 12.6. The monoisotopic (exact) mass is 215 g/mol. The Morgan fingerprint density at radius 3 is 2.94 bits per heavy atom. The fraction of sp³-hybridized carbons (Fsp3) is 0.154. The van der Waals surface area contributed by atoms with E-state index in [1.807, 2.05) is 24.3 Å². The predicted octanol–water partition coefficient (Wildman–Crippen LogP) is 2.14. The Morgan fingerprint density at radius 2 is 2.19 bits per heavy atom. The molecule has 16 heavy (non-hydrogen) atoms. The van der Waals surface area contributed by atoms with Gasteiger partial charge < -0.3 is 10.1 Å². The summed E-state index contributed by atoms with van der Waals surface area (Å²) < 4.78 is 0. The van der Waals surface area contributed by atoms with E-state index in [0.717, 1.165) is 10.9 Å². The molecule has 1 unspecified atom stereocenters. The molecule has 0 fully saturated rings. The molecule has 2 N–H and O–H groups in total. The number of hydrogen-bond donors (Lipinski definition) is 2. The summed E-state index contributed by atoms with van der Waals surface area (Å²) in [4.78, 5) is 14.4. The number of aliphatic hydroxyl groups excluding tert-OH is 1. The Balaban J connectivity index is 2.58. The van der Waals surface area contributed by atoms with Crippen LogP contribution in [0.15, 0.2) is 47.8 Å². The van der Waals surface area contributed by atoms with E-state index in [9.17, 15) is 9.90 Å². The van der Waals surface area contributed by atoms with Crippen molar-refractivity contribution in [2.45, 2.75) is 12.5 Å². The number of H-pyrrole nitrogens is 1. The second-order valence-corrected chi connectivity index (χ2v) is 3.68. The van der Waals surface area contributed by atoms with Crippen molar-refractivity contribution < 1.29 is 5.11 Å². The number of benzene rings is 1. The first-order valence-electron chi connectivity index (χ1n) is 5.13. The number of pyridine rings is 1. The summed E-state index contributed by atoms with van der Waals surface area (Å²) in [5.41, 5.74) is 0.925. The molecule has 1 heterocycles. The van der Waals surface area contributed by atoms with Gasteiger partial charge in [-0.1, -0.05) is 24.3 Å². The fourth-order valence-electron chi connectivity index (χ4n) is 1.70. The number of nitrogens with one attached hydrogen (secondary N) is 1. The highest BCUT2D eigenvalue weighted by atomic mass is 16.3. The first kappa shape index (κ1) is 10.6. The van der Waals surface area contributed by atoms with Crippen LogP contribution in [0.4, 0.5) is 0 Å². The van der Waals surface area contributed by atoms with Gasteiger partial charge in [0, 0.05) is 11.1 Å². The smallest absolute Gasteiger partial charge is 0.254 e. The van der Waals surface area contributed by atoms with Crippen LogP contribution < -0.4 is 5.56 Å². The van der Waals surface area contributed by atoms with Crippen LogP contribution in [0.25, 0.3) is 10.9 Å². The number of para-hydroxylation sites is 1. The van der Waals surface area contributed by atoms with Crippen LogP contribution in [0.3, 0.4) is 0 Å². The lowest BCUT2D eigenvalue weighted by atomic mass is 10.1. The van der Waals surface area contributed by atoms with Gasteiger partial charge in [-0.05, 0) is 23.9 Å². The standard InChI is InChI=1S/C13H13NO2/c1-2-5-12(15)10-8-9-6-3-4-7-11(9)14-13(10)16/h2-4,6-8,12,15H,1,5H2,(H,14,16). The Morgan fingerprint density at radius 1 is 1.44 bits per heavy atom. The number of rotatable bonds is 3. The first-order valence-corrected chi connectivity index (χ1v) is 5.13. The van der Waals surface area contributed by atoms with Crippen LogP contribution in [0, 0.1) is 0 Å². The molecule has 82 valence electrons. The van der Waals surface area contributed by atoms with Crippen LogP contribution >= 0.6 is 0 Å². The van der Waals surface area contributed by atoms with Gasteiger partial charge in [-0.25, -0.2) is 0 Å². The zero-order valence-electron chi connectivity index (χ0n) is 8.81. The van der Waals surface area contributed by atoms with E-state index >= 15 is 0 Å². The molecular weight excluding hydrogens is 202 g/mol. The van der Waals surface area contributed by atoms with Crippen LogP contribution in [0.2, 0.25) is 0 Å². The SMILES string of the molecule is C=CCC(O)c1cc2ccccc2[nH]c1=O. The third kappa shape index (κ3) is 1.90. The highest BCUT2D eigenvalue weighted by Gasteiger charge is 2.10. The largest absolute Gasteiger partial charge is 0.388 e. The minimum Gasteiger partial charge on any atom is -0.388 e. The van der Waals surface area contributed by atoms with Gasteiger partial charge in [0.1, 0.15) is 0 Å². The maximum atomic E-state index is 11.7. The summed E-state index contributed by atoms with van der Waals surface area (Å²) in [5, 5.41) is 10.7. The van der Waals surface area contributed by atoms with E-state index in [1.165, 1.54) is 0 Å². The van der Waals surface area contributed by atoms with Crippen molar-refractivity contribution in [2.24, 2.45) is 0 Å². The Hall–Kier alpha value is -1.87. The maximum absolute atomic E-state index is 11.7. The van der Waals surface area contributed by atoms with Gasteiger partial charge in [0.15, 0.2) is 0 Å². The number of aliphatic hydroxyl groups is 1. The number of aromatic amines is 1. The van der Waals surface area contributed by atoms with Gasteiger partial charge in [-0.15, -0.1) is 6.58 Å². The predicted molar refractivity (Wildman–Crippen MR) is 64.3 cm³/mol. The van der Waals surface area contributed by atoms with Crippen LogP contribution in [0.5, 0.6) is 0 Å². The molecule has 0 aliphatic heterocycles. The maximum Gasteiger partial charge on any atom is 0.254 e. The summed E-state index contributed by atoms with van der Waals surface area (Å²) in [7, 11) is 0. The van der Waals surface area contributed by atoms with Crippen molar-refractivity contribution in [3.63, 3.8) is 0 Å². The van der Waals surface area contributed by atoms with Gasteiger partial charge in [0.2, 0.25) is 0 Å². The first-order chi connectivity index (χ1) is 7.72. The lowest BCUT2D eigenvalue weighted by Gasteiger charge is -2.08. The fourth-order valence-corrected chi connectivity index (χ4v) is 1.70. The Labute approximate surface area is 93.1 Å². The van der Waals surface area contributed by atoms with Crippen molar-refractivity contribution >= 4 is 10.9 Å². The van der Waals surface area contributed by atoms with Crippen molar-refractivity contribution in [3.8, 4) is 0 Å². The van der Waals surface area contributed by atoms with E-state index in [0.29, 0.717) is 12.0 Å². The van der Waals surface area contributed by atoms with Gasteiger partial charge in [-0.2, -0.15) is 0 Å². The van der Waals surface area contributed by atoms with Gasteiger partial charge in [0.25, 0.3) is 5.56 Å². The molecule has 0 radical (unpaired) electrons. The van der Waals surface area contributed by atoms with Gasteiger partial charge in [0.05, 0.1) is 6.10 Å².